The fourth-order valence-corrected chi connectivity index (χ4v) is 1.56. The summed E-state index contributed by atoms with van der Waals surface area (Å²) >= 11 is 0. The number of rotatable bonds is 6. The van der Waals surface area contributed by atoms with Crippen LogP contribution in [0.2, 0.25) is 0 Å². The molecule has 1 fully saturated rings. The normalized spacial score (nSPS) is 15.9. The van der Waals surface area contributed by atoms with Crippen LogP contribution in [0.4, 0.5) is 4.79 Å². The summed E-state index contributed by atoms with van der Waals surface area (Å²) in [5.74, 6) is 0. The maximum absolute atomic E-state index is 11.7. The Morgan fingerprint density at radius 2 is 2.07 bits per heavy atom. The van der Waals surface area contributed by atoms with Crippen LogP contribution in [0.1, 0.15) is 0 Å². The molecule has 2 amide bonds. The Balaban J connectivity index is 2.21. The Bertz CT molecular complexity index is 249. The number of nitriles is 1. The Kier molecular flexibility index (Phi) is 4.87. The zero-order chi connectivity index (χ0) is 11.1. The zero-order valence-corrected chi connectivity index (χ0v) is 8.78. The van der Waals surface area contributed by atoms with Gasteiger partial charge in [0.05, 0.1) is 12.6 Å². The molecule has 0 aromatic rings. The van der Waals surface area contributed by atoms with Gasteiger partial charge in [-0.25, -0.2) is 4.79 Å². The van der Waals surface area contributed by atoms with Gasteiger partial charge in [-0.15, -0.1) is 0 Å². The van der Waals surface area contributed by atoms with E-state index in [0.717, 1.165) is 13.1 Å². The Labute approximate surface area is 89.6 Å². The fraction of sp³-hybridized carbons (Fsp3) is 0.778. The van der Waals surface area contributed by atoms with Gasteiger partial charge >= 0.3 is 6.03 Å². The van der Waals surface area contributed by atoms with Gasteiger partial charge in [0.2, 0.25) is 0 Å². The van der Waals surface area contributed by atoms with Gasteiger partial charge in [-0.3, -0.25) is 0 Å². The second-order valence-corrected chi connectivity index (χ2v) is 3.38. The number of carbonyl (C=O) groups excluding carboxylic acids is 1. The van der Waals surface area contributed by atoms with Crippen LogP contribution in [0.15, 0.2) is 0 Å². The van der Waals surface area contributed by atoms with E-state index in [2.05, 4.69) is 5.32 Å². The molecule has 0 radical (unpaired) electrons. The summed E-state index contributed by atoms with van der Waals surface area (Å²) in [5, 5.41) is 11.2. The number of nitrogens with one attached hydrogen (secondary N) is 1. The molecule has 0 saturated carbocycles. The van der Waals surface area contributed by atoms with E-state index in [1.165, 1.54) is 0 Å². The van der Waals surface area contributed by atoms with Gasteiger partial charge in [0.1, 0.15) is 0 Å². The largest absolute Gasteiger partial charge is 0.329 e. The molecule has 0 bridgehead atoms. The van der Waals surface area contributed by atoms with Crippen molar-refractivity contribution in [3.63, 3.8) is 0 Å². The molecule has 6 nitrogen and oxygen atoms in total. The molecular formula is C9H17N5O. The van der Waals surface area contributed by atoms with Crippen LogP contribution in [-0.2, 0) is 0 Å². The van der Waals surface area contributed by atoms with Crippen LogP contribution < -0.4 is 11.1 Å². The van der Waals surface area contributed by atoms with Gasteiger partial charge in [-0.1, -0.05) is 0 Å². The van der Waals surface area contributed by atoms with Crippen LogP contribution in [0, 0.1) is 11.3 Å². The monoisotopic (exact) mass is 211 g/mol. The molecule has 1 saturated heterocycles. The van der Waals surface area contributed by atoms with E-state index >= 15 is 0 Å². The average Bonchev–Trinajstić information content (AvgIpc) is 2.57. The Morgan fingerprint density at radius 3 is 2.67 bits per heavy atom. The van der Waals surface area contributed by atoms with Gasteiger partial charge in [0.25, 0.3) is 0 Å². The van der Waals surface area contributed by atoms with Crippen molar-refractivity contribution in [1.29, 1.82) is 5.26 Å². The van der Waals surface area contributed by atoms with Crippen LogP contribution in [0.25, 0.3) is 0 Å². The summed E-state index contributed by atoms with van der Waals surface area (Å²) in [6, 6.07) is 2.05. The summed E-state index contributed by atoms with van der Waals surface area (Å²) in [7, 11) is 0. The van der Waals surface area contributed by atoms with Crippen molar-refractivity contribution in [1.82, 2.24) is 15.1 Å². The van der Waals surface area contributed by atoms with Gasteiger partial charge in [0.15, 0.2) is 0 Å². The van der Waals surface area contributed by atoms with Gasteiger partial charge < -0.3 is 20.9 Å². The highest BCUT2D eigenvalue weighted by atomic mass is 16.2. The van der Waals surface area contributed by atoms with E-state index in [0.29, 0.717) is 32.7 Å². The van der Waals surface area contributed by atoms with Crippen LogP contribution in [0.3, 0.4) is 0 Å². The molecule has 0 aromatic heterocycles. The number of nitrogens with zero attached hydrogens (tertiary/aromatic N) is 3. The van der Waals surface area contributed by atoms with Crippen molar-refractivity contribution in [2.45, 2.75) is 0 Å². The van der Waals surface area contributed by atoms with Gasteiger partial charge in [-0.05, 0) is 0 Å². The average molecular weight is 211 g/mol. The molecule has 3 N–H and O–H groups in total. The molecule has 1 heterocycles. The minimum absolute atomic E-state index is 0.0548. The first kappa shape index (κ1) is 11.8. The van der Waals surface area contributed by atoms with Crippen LogP contribution in [-0.4, -0.2) is 61.6 Å². The summed E-state index contributed by atoms with van der Waals surface area (Å²) < 4.78 is 0. The first-order valence-electron chi connectivity index (χ1n) is 5.11. The van der Waals surface area contributed by atoms with Crippen molar-refractivity contribution < 1.29 is 4.79 Å². The number of amides is 2. The van der Waals surface area contributed by atoms with Crippen LogP contribution in [0.5, 0.6) is 0 Å². The highest BCUT2D eigenvalue weighted by molar-refractivity contribution is 5.76. The van der Waals surface area contributed by atoms with Crippen molar-refractivity contribution in [3.05, 3.63) is 0 Å². The smallest absolute Gasteiger partial charge is 0.320 e. The van der Waals surface area contributed by atoms with Crippen LogP contribution >= 0.6 is 0 Å². The fourth-order valence-electron chi connectivity index (χ4n) is 1.56. The van der Waals surface area contributed by atoms with Crippen molar-refractivity contribution >= 4 is 6.03 Å². The van der Waals surface area contributed by atoms with E-state index in [4.69, 9.17) is 11.0 Å². The predicted molar refractivity (Wildman–Crippen MR) is 56.1 cm³/mol. The van der Waals surface area contributed by atoms with E-state index in [-0.39, 0.29) is 6.03 Å². The van der Waals surface area contributed by atoms with E-state index in [1.807, 2.05) is 6.07 Å². The third kappa shape index (κ3) is 3.38. The number of hydrogen-bond acceptors (Lipinski definition) is 4. The maximum atomic E-state index is 11.7. The summed E-state index contributed by atoms with van der Waals surface area (Å²) in [6.45, 7) is 4.29. The molecule has 1 rings (SSSR count). The first-order valence-corrected chi connectivity index (χ1v) is 5.11. The first-order chi connectivity index (χ1) is 7.29. The molecule has 15 heavy (non-hydrogen) atoms. The molecule has 0 aromatic carbocycles. The lowest BCUT2D eigenvalue weighted by Crippen LogP contribution is -2.38. The van der Waals surface area contributed by atoms with Crippen molar-refractivity contribution in [3.8, 4) is 6.07 Å². The molecule has 1 aliphatic heterocycles. The molecule has 6 heteroatoms. The quantitative estimate of drug-likeness (QED) is 0.426. The summed E-state index contributed by atoms with van der Waals surface area (Å²) in [4.78, 5) is 15.2. The standard InChI is InChI=1S/C9H17N5O/c10-1-3-12-4-6-14-8-7-13(5-2-11)9(14)15/h12H,2-8,11H2. The molecule has 0 atom stereocenters. The topological polar surface area (TPSA) is 85.4 Å². The summed E-state index contributed by atoms with van der Waals surface area (Å²) in [6.07, 6.45) is 0. The number of carbonyl (C=O) groups is 1. The second kappa shape index (κ2) is 6.22. The lowest BCUT2D eigenvalue weighted by molar-refractivity contribution is 0.193. The molecular weight excluding hydrogens is 194 g/mol. The number of nitrogens with two attached hydrogens (primary N) is 1. The predicted octanol–water partition coefficient (Wildman–Crippen LogP) is -1.20. The SMILES string of the molecule is N#CCNCCN1CCN(CCN)C1=O. The van der Waals surface area contributed by atoms with Gasteiger partial charge in [-0.2, -0.15) is 5.26 Å². The molecule has 0 unspecified atom stereocenters. The third-order valence-electron chi connectivity index (χ3n) is 2.34. The highest BCUT2D eigenvalue weighted by Gasteiger charge is 2.26. The minimum Gasteiger partial charge on any atom is -0.329 e. The Hall–Kier alpha value is -1.32. The van der Waals surface area contributed by atoms with Gasteiger partial charge in [0, 0.05) is 39.3 Å². The lowest BCUT2D eigenvalue weighted by atomic mass is 10.5. The number of hydrogen-bond donors (Lipinski definition) is 2. The Morgan fingerprint density at radius 1 is 1.40 bits per heavy atom. The highest BCUT2D eigenvalue weighted by Crippen LogP contribution is 2.06. The van der Waals surface area contributed by atoms with E-state index in [1.54, 1.807) is 9.80 Å². The molecule has 1 aliphatic rings. The zero-order valence-electron chi connectivity index (χ0n) is 8.78. The molecule has 84 valence electrons. The van der Waals surface area contributed by atoms with Crippen molar-refractivity contribution in [2.24, 2.45) is 5.73 Å². The van der Waals surface area contributed by atoms with E-state index in [9.17, 15) is 4.79 Å². The summed E-state index contributed by atoms with van der Waals surface area (Å²) in [5.41, 5.74) is 5.39. The second-order valence-electron chi connectivity index (χ2n) is 3.38. The van der Waals surface area contributed by atoms with Crippen molar-refractivity contribution in [2.75, 3.05) is 45.8 Å². The maximum Gasteiger partial charge on any atom is 0.320 e. The van der Waals surface area contributed by atoms with E-state index < -0.39 is 0 Å². The lowest BCUT2D eigenvalue weighted by Gasteiger charge is -2.17. The molecule has 0 aliphatic carbocycles. The molecule has 0 spiro atoms. The third-order valence-corrected chi connectivity index (χ3v) is 2.34. The minimum atomic E-state index is 0.0548. The number of urea groups is 1.